The Morgan fingerprint density at radius 3 is 2.16 bits per heavy atom. The fourth-order valence-corrected chi connectivity index (χ4v) is 3.27. The standard InChI is InChI=1S/C18H26F3NO2S/c1-6-15(22-16(23)24-17(2,3)4)14(11-25-5)12-7-9-13(10-8-12)18(19,20)21/h7-10,14-15H,6,11H2,1-5H3,(H,22,23). The minimum atomic E-state index is -4.35. The van der Waals surface area contributed by atoms with Gasteiger partial charge < -0.3 is 10.1 Å². The summed E-state index contributed by atoms with van der Waals surface area (Å²) in [6, 6.07) is 4.93. The van der Waals surface area contributed by atoms with Gasteiger partial charge in [-0.1, -0.05) is 19.1 Å². The van der Waals surface area contributed by atoms with Crippen LogP contribution in [0.15, 0.2) is 24.3 Å². The van der Waals surface area contributed by atoms with Gasteiger partial charge in [0.1, 0.15) is 5.60 Å². The van der Waals surface area contributed by atoms with Gasteiger partial charge >= 0.3 is 12.3 Å². The minimum absolute atomic E-state index is 0.102. The molecule has 2 atom stereocenters. The Bertz CT molecular complexity index is 553. The van der Waals surface area contributed by atoms with Gasteiger partial charge in [0.15, 0.2) is 0 Å². The van der Waals surface area contributed by atoms with Crippen LogP contribution in [0.2, 0.25) is 0 Å². The van der Waals surface area contributed by atoms with Gasteiger partial charge in [-0.2, -0.15) is 24.9 Å². The zero-order valence-corrected chi connectivity index (χ0v) is 16.1. The number of halogens is 3. The van der Waals surface area contributed by atoms with E-state index in [-0.39, 0.29) is 12.0 Å². The van der Waals surface area contributed by atoms with Crippen molar-refractivity contribution in [3.05, 3.63) is 35.4 Å². The van der Waals surface area contributed by atoms with E-state index in [0.29, 0.717) is 12.2 Å². The molecule has 0 aromatic heterocycles. The van der Waals surface area contributed by atoms with E-state index < -0.39 is 23.4 Å². The van der Waals surface area contributed by atoms with Gasteiger partial charge in [-0.05, 0) is 51.1 Å². The summed E-state index contributed by atoms with van der Waals surface area (Å²) in [5, 5.41) is 2.85. The lowest BCUT2D eigenvalue weighted by Crippen LogP contribution is -2.42. The molecule has 0 bridgehead atoms. The average Bonchev–Trinajstić information content (AvgIpc) is 2.48. The molecule has 25 heavy (non-hydrogen) atoms. The van der Waals surface area contributed by atoms with Crippen molar-refractivity contribution in [2.45, 2.75) is 57.9 Å². The van der Waals surface area contributed by atoms with Crippen LogP contribution in [0.1, 0.15) is 51.2 Å². The number of thioether (sulfide) groups is 1. The summed E-state index contributed by atoms with van der Waals surface area (Å²) in [6.07, 6.45) is -2.30. The molecule has 0 aliphatic heterocycles. The van der Waals surface area contributed by atoms with Crippen molar-refractivity contribution in [2.75, 3.05) is 12.0 Å². The third kappa shape index (κ3) is 7.18. The number of amides is 1. The molecule has 0 saturated heterocycles. The number of carbonyl (C=O) groups is 1. The number of carbonyl (C=O) groups excluding carboxylic acids is 1. The molecule has 1 N–H and O–H groups in total. The van der Waals surface area contributed by atoms with Crippen molar-refractivity contribution in [2.24, 2.45) is 0 Å². The fourth-order valence-electron chi connectivity index (χ4n) is 2.49. The van der Waals surface area contributed by atoms with Gasteiger partial charge in [0.2, 0.25) is 0 Å². The Kier molecular flexibility index (Phi) is 7.65. The highest BCUT2D eigenvalue weighted by molar-refractivity contribution is 7.98. The van der Waals surface area contributed by atoms with Crippen molar-refractivity contribution >= 4 is 17.9 Å². The number of alkyl carbamates (subject to hydrolysis) is 1. The van der Waals surface area contributed by atoms with Crippen molar-refractivity contribution in [1.29, 1.82) is 0 Å². The van der Waals surface area contributed by atoms with Crippen LogP contribution in [0.3, 0.4) is 0 Å². The summed E-state index contributed by atoms with van der Waals surface area (Å²) in [7, 11) is 0. The first-order valence-electron chi connectivity index (χ1n) is 8.13. The van der Waals surface area contributed by atoms with Crippen LogP contribution in [-0.4, -0.2) is 29.7 Å². The monoisotopic (exact) mass is 377 g/mol. The third-order valence-corrected chi connectivity index (χ3v) is 4.33. The molecule has 1 rings (SSSR count). The van der Waals surface area contributed by atoms with Crippen molar-refractivity contribution in [3.63, 3.8) is 0 Å². The van der Waals surface area contributed by atoms with Crippen molar-refractivity contribution in [3.8, 4) is 0 Å². The quantitative estimate of drug-likeness (QED) is 0.716. The van der Waals surface area contributed by atoms with Crippen LogP contribution in [0.25, 0.3) is 0 Å². The first-order valence-corrected chi connectivity index (χ1v) is 9.53. The Labute approximate surface area is 151 Å². The van der Waals surface area contributed by atoms with Crippen LogP contribution in [0.4, 0.5) is 18.0 Å². The predicted molar refractivity (Wildman–Crippen MR) is 96.0 cm³/mol. The second-order valence-electron chi connectivity index (χ2n) is 6.84. The topological polar surface area (TPSA) is 38.3 Å². The third-order valence-electron chi connectivity index (χ3n) is 3.64. The lowest BCUT2D eigenvalue weighted by Gasteiger charge is -2.29. The smallest absolute Gasteiger partial charge is 0.416 e. The zero-order valence-electron chi connectivity index (χ0n) is 15.2. The highest BCUT2D eigenvalue weighted by Gasteiger charge is 2.31. The molecule has 1 amide bonds. The first-order chi connectivity index (χ1) is 11.5. The minimum Gasteiger partial charge on any atom is -0.444 e. The molecule has 0 fully saturated rings. The first kappa shape index (κ1) is 21.7. The molecule has 1 aromatic rings. The molecule has 7 heteroatoms. The van der Waals surface area contributed by atoms with E-state index in [0.717, 1.165) is 17.7 Å². The van der Waals surface area contributed by atoms with Gasteiger partial charge in [0.05, 0.1) is 5.56 Å². The van der Waals surface area contributed by atoms with Gasteiger partial charge in [-0.15, -0.1) is 0 Å². The fraction of sp³-hybridized carbons (Fsp3) is 0.611. The van der Waals surface area contributed by atoms with E-state index in [9.17, 15) is 18.0 Å². The van der Waals surface area contributed by atoms with Gasteiger partial charge in [-0.3, -0.25) is 0 Å². The zero-order chi connectivity index (χ0) is 19.3. The Hall–Kier alpha value is -1.37. The van der Waals surface area contributed by atoms with E-state index in [4.69, 9.17) is 4.74 Å². The summed E-state index contributed by atoms with van der Waals surface area (Å²) in [5.41, 5.74) is -0.510. The molecule has 0 spiro atoms. The highest BCUT2D eigenvalue weighted by Crippen LogP contribution is 2.32. The lowest BCUT2D eigenvalue weighted by atomic mass is 9.91. The molecule has 0 aliphatic rings. The van der Waals surface area contributed by atoms with E-state index in [1.54, 1.807) is 32.5 Å². The molecule has 142 valence electrons. The number of nitrogens with one attached hydrogen (secondary N) is 1. The summed E-state index contributed by atoms with van der Waals surface area (Å²) in [4.78, 5) is 12.1. The molecular weight excluding hydrogens is 351 g/mol. The second-order valence-corrected chi connectivity index (χ2v) is 7.75. The maximum Gasteiger partial charge on any atom is 0.416 e. The highest BCUT2D eigenvalue weighted by atomic mass is 32.2. The summed E-state index contributed by atoms with van der Waals surface area (Å²) in [5.74, 6) is 0.578. The van der Waals surface area contributed by atoms with E-state index >= 15 is 0 Å². The van der Waals surface area contributed by atoms with E-state index in [1.807, 2.05) is 13.2 Å². The Morgan fingerprint density at radius 2 is 1.76 bits per heavy atom. The maximum atomic E-state index is 12.7. The largest absolute Gasteiger partial charge is 0.444 e. The number of ether oxygens (including phenoxy) is 1. The number of benzene rings is 1. The molecule has 2 unspecified atom stereocenters. The van der Waals surface area contributed by atoms with E-state index in [1.165, 1.54) is 12.1 Å². The molecule has 0 heterocycles. The Balaban J connectivity index is 2.97. The van der Waals surface area contributed by atoms with Crippen LogP contribution < -0.4 is 5.32 Å². The lowest BCUT2D eigenvalue weighted by molar-refractivity contribution is -0.137. The van der Waals surface area contributed by atoms with Crippen molar-refractivity contribution < 1.29 is 22.7 Å². The van der Waals surface area contributed by atoms with Crippen LogP contribution in [-0.2, 0) is 10.9 Å². The summed E-state index contributed by atoms with van der Waals surface area (Å²) in [6.45, 7) is 7.27. The Morgan fingerprint density at radius 1 is 1.20 bits per heavy atom. The van der Waals surface area contributed by atoms with Crippen LogP contribution in [0.5, 0.6) is 0 Å². The molecular formula is C18H26F3NO2S. The number of alkyl halides is 3. The molecule has 3 nitrogen and oxygen atoms in total. The maximum absolute atomic E-state index is 12.7. The number of rotatable bonds is 6. The molecule has 1 aromatic carbocycles. The van der Waals surface area contributed by atoms with Gasteiger partial charge in [-0.25, -0.2) is 4.79 Å². The van der Waals surface area contributed by atoms with Crippen LogP contribution >= 0.6 is 11.8 Å². The van der Waals surface area contributed by atoms with E-state index in [2.05, 4.69) is 5.32 Å². The van der Waals surface area contributed by atoms with Crippen molar-refractivity contribution in [1.82, 2.24) is 5.32 Å². The molecule has 0 radical (unpaired) electrons. The normalized spacial score (nSPS) is 14.7. The number of hydrogen-bond acceptors (Lipinski definition) is 3. The summed E-state index contributed by atoms with van der Waals surface area (Å²) >= 11 is 1.58. The molecule has 0 aliphatic carbocycles. The predicted octanol–water partition coefficient (Wildman–Crippen LogP) is 5.46. The number of hydrogen-bond donors (Lipinski definition) is 1. The molecule has 0 saturated carbocycles. The SMILES string of the molecule is CCC(NC(=O)OC(C)(C)C)C(CSC)c1ccc(C(F)(F)F)cc1. The summed E-state index contributed by atoms with van der Waals surface area (Å²) < 4.78 is 43.5. The average molecular weight is 377 g/mol. The second kappa shape index (κ2) is 8.83. The van der Waals surface area contributed by atoms with Crippen LogP contribution in [0, 0.1) is 0 Å². The van der Waals surface area contributed by atoms with Gasteiger partial charge in [0, 0.05) is 17.7 Å². The van der Waals surface area contributed by atoms with Gasteiger partial charge in [0.25, 0.3) is 0 Å².